The van der Waals surface area contributed by atoms with Gasteiger partial charge in [0.2, 0.25) is 0 Å². The van der Waals surface area contributed by atoms with Crippen LogP contribution in [0.2, 0.25) is 0 Å². The minimum Gasteiger partial charge on any atom is -0.478 e. The highest BCUT2D eigenvalue weighted by Crippen LogP contribution is 1.98. The van der Waals surface area contributed by atoms with Crippen molar-refractivity contribution in [2.75, 3.05) is 13.2 Å². The van der Waals surface area contributed by atoms with Crippen molar-refractivity contribution in [3.05, 3.63) is 37.0 Å². The van der Waals surface area contributed by atoms with Gasteiger partial charge in [-0.3, -0.25) is 0 Å². The molecule has 1 N–H and O–H groups in total. The monoisotopic (exact) mass is 298 g/mol. The highest BCUT2D eigenvalue weighted by Gasteiger charge is 2.04. The predicted octanol–water partition coefficient (Wildman–Crippen LogP) is 2.26. The van der Waals surface area contributed by atoms with Crippen LogP contribution in [0.4, 0.5) is 0 Å². The largest absolute Gasteiger partial charge is 0.478 e. The van der Waals surface area contributed by atoms with E-state index in [0.717, 1.165) is 6.08 Å². The van der Waals surface area contributed by atoms with Gasteiger partial charge in [0.25, 0.3) is 0 Å². The number of ether oxygens (including phenoxy) is 2. The van der Waals surface area contributed by atoms with Crippen LogP contribution in [-0.2, 0) is 23.9 Å². The number of unbranched alkanes of at least 4 members (excludes halogenated alkanes) is 1. The van der Waals surface area contributed by atoms with E-state index >= 15 is 0 Å². The smallest absolute Gasteiger partial charge is 0.333 e. The van der Waals surface area contributed by atoms with Crippen LogP contribution in [0.3, 0.4) is 0 Å². The van der Waals surface area contributed by atoms with Crippen LogP contribution in [0.5, 0.6) is 0 Å². The summed E-state index contributed by atoms with van der Waals surface area (Å²) in [5.74, 6) is -1.76. The van der Waals surface area contributed by atoms with Crippen LogP contribution in [0.15, 0.2) is 37.0 Å². The summed E-state index contributed by atoms with van der Waals surface area (Å²) in [6, 6.07) is 0. The van der Waals surface area contributed by atoms with E-state index in [1.165, 1.54) is 0 Å². The van der Waals surface area contributed by atoms with Crippen molar-refractivity contribution in [3.63, 3.8) is 0 Å². The lowest BCUT2D eigenvalue weighted by atomic mass is 10.3. The third-order valence-corrected chi connectivity index (χ3v) is 1.88. The van der Waals surface area contributed by atoms with Crippen LogP contribution in [-0.4, -0.2) is 36.2 Å². The van der Waals surface area contributed by atoms with Gasteiger partial charge in [0.1, 0.15) is 0 Å². The first-order valence-electron chi connectivity index (χ1n) is 6.23. The number of carbonyl (C=O) groups is 3. The first-order chi connectivity index (χ1) is 9.72. The Morgan fingerprint density at radius 2 is 1.24 bits per heavy atom. The molecular weight excluding hydrogens is 276 g/mol. The Balaban J connectivity index is 0. The predicted molar refractivity (Wildman–Crippen MR) is 78.6 cm³/mol. The van der Waals surface area contributed by atoms with E-state index in [2.05, 4.69) is 19.7 Å². The van der Waals surface area contributed by atoms with Crippen molar-refractivity contribution in [1.82, 2.24) is 0 Å². The fourth-order valence-electron chi connectivity index (χ4n) is 0.780. The number of hydrogen-bond acceptors (Lipinski definition) is 5. The molecule has 6 heteroatoms. The molecule has 0 atom stereocenters. The zero-order chi connectivity index (χ0) is 16.8. The van der Waals surface area contributed by atoms with Gasteiger partial charge in [-0.25, -0.2) is 14.4 Å². The molecule has 0 aliphatic heterocycles. The molecule has 21 heavy (non-hydrogen) atoms. The van der Waals surface area contributed by atoms with Crippen molar-refractivity contribution in [1.29, 1.82) is 0 Å². The second kappa shape index (κ2) is 12.7. The van der Waals surface area contributed by atoms with Crippen LogP contribution >= 0.6 is 0 Å². The molecule has 0 rings (SSSR count). The molecular formula is C15H22O6. The van der Waals surface area contributed by atoms with E-state index in [-0.39, 0.29) is 11.9 Å². The Kier molecular flexibility index (Phi) is 12.6. The normalized spacial score (nSPS) is 8.67. The standard InChI is InChI=1S/C12H18O4.C3H4O2/c1-9(2)11(13)15-7-5-6-8-16-12(14)10(3)4;1-2-3(4)5/h1,3,5-8H2,2,4H3;2H,1H2,(H,4,5). The van der Waals surface area contributed by atoms with Crippen molar-refractivity contribution in [2.24, 2.45) is 0 Å². The number of aliphatic carboxylic acids is 1. The SMILES string of the molecule is C=C(C)C(=O)OCCCCOC(=O)C(=C)C.C=CC(=O)O. The van der Waals surface area contributed by atoms with Crippen molar-refractivity contribution < 1.29 is 29.0 Å². The summed E-state index contributed by atoms with van der Waals surface area (Å²) in [4.78, 5) is 31.2. The molecule has 0 radical (unpaired) electrons. The van der Waals surface area contributed by atoms with E-state index in [1.807, 2.05) is 0 Å². The topological polar surface area (TPSA) is 89.9 Å². The van der Waals surface area contributed by atoms with Gasteiger partial charge in [-0.05, 0) is 26.7 Å². The number of carbonyl (C=O) groups excluding carboxylic acids is 2. The maximum atomic E-state index is 11.0. The Labute approximate surface area is 124 Å². The molecule has 0 fully saturated rings. The summed E-state index contributed by atoms with van der Waals surface area (Å²) in [5.41, 5.74) is 0.766. The van der Waals surface area contributed by atoms with Gasteiger partial charge in [0.05, 0.1) is 13.2 Å². The summed E-state index contributed by atoms with van der Waals surface area (Å²) in [6.07, 6.45) is 2.14. The fourth-order valence-corrected chi connectivity index (χ4v) is 0.780. The van der Waals surface area contributed by atoms with Crippen molar-refractivity contribution in [2.45, 2.75) is 26.7 Å². The quantitative estimate of drug-likeness (QED) is 0.420. The molecule has 0 saturated heterocycles. The van der Waals surface area contributed by atoms with E-state index in [4.69, 9.17) is 14.6 Å². The Morgan fingerprint density at radius 1 is 0.952 bits per heavy atom. The summed E-state index contributed by atoms with van der Waals surface area (Å²) in [6.45, 7) is 13.7. The van der Waals surface area contributed by atoms with Crippen LogP contribution in [0.25, 0.3) is 0 Å². The minimum atomic E-state index is -0.981. The lowest BCUT2D eigenvalue weighted by Crippen LogP contribution is -2.09. The van der Waals surface area contributed by atoms with Crippen LogP contribution in [0.1, 0.15) is 26.7 Å². The number of carboxylic acids is 1. The van der Waals surface area contributed by atoms with Gasteiger partial charge >= 0.3 is 17.9 Å². The molecule has 0 spiro atoms. The summed E-state index contributed by atoms with van der Waals surface area (Å²) in [5, 5.41) is 7.60. The van der Waals surface area contributed by atoms with Crippen molar-refractivity contribution in [3.8, 4) is 0 Å². The van der Waals surface area contributed by atoms with E-state index in [0.29, 0.717) is 37.2 Å². The lowest BCUT2D eigenvalue weighted by molar-refractivity contribution is -0.141. The Morgan fingerprint density at radius 3 is 1.43 bits per heavy atom. The third kappa shape index (κ3) is 15.6. The van der Waals surface area contributed by atoms with Crippen LogP contribution < -0.4 is 0 Å². The molecule has 0 aromatic heterocycles. The Hall–Kier alpha value is -2.37. The summed E-state index contributed by atoms with van der Waals surface area (Å²) >= 11 is 0. The average Bonchev–Trinajstić information content (AvgIpc) is 2.42. The molecule has 0 bridgehead atoms. The highest BCUT2D eigenvalue weighted by atomic mass is 16.5. The molecule has 0 aromatic rings. The average molecular weight is 298 g/mol. The molecule has 0 unspecified atom stereocenters. The first-order valence-corrected chi connectivity index (χ1v) is 6.23. The zero-order valence-corrected chi connectivity index (χ0v) is 12.5. The molecule has 0 aliphatic rings. The summed E-state index contributed by atoms with van der Waals surface area (Å²) < 4.78 is 9.72. The van der Waals surface area contributed by atoms with Crippen LogP contribution in [0, 0.1) is 0 Å². The molecule has 0 saturated carbocycles. The number of hydrogen-bond donors (Lipinski definition) is 1. The number of esters is 2. The molecule has 0 heterocycles. The molecule has 0 aromatic carbocycles. The highest BCUT2D eigenvalue weighted by molar-refractivity contribution is 5.87. The minimum absolute atomic E-state index is 0.316. The first kappa shape index (κ1) is 20.9. The van der Waals surface area contributed by atoms with Crippen molar-refractivity contribution >= 4 is 17.9 Å². The van der Waals surface area contributed by atoms with E-state index in [9.17, 15) is 14.4 Å². The fraction of sp³-hybridized carbons (Fsp3) is 0.400. The van der Waals surface area contributed by atoms with Gasteiger partial charge in [0, 0.05) is 17.2 Å². The second-order valence-corrected chi connectivity index (χ2v) is 4.08. The van der Waals surface area contributed by atoms with Gasteiger partial charge in [-0.1, -0.05) is 19.7 Å². The van der Waals surface area contributed by atoms with E-state index < -0.39 is 5.97 Å². The van der Waals surface area contributed by atoms with Gasteiger partial charge in [-0.15, -0.1) is 0 Å². The van der Waals surface area contributed by atoms with Gasteiger partial charge < -0.3 is 14.6 Å². The zero-order valence-electron chi connectivity index (χ0n) is 12.5. The Bertz CT molecular complexity index is 378. The molecule has 0 aliphatic carbocycles. The molecule has 0 amide bonds. The second-order valence-electron chi connectivity index (χ2n) is 4.08. The van der Waals surface area contributed by atoms with Gasteiger partial charge in [0.15, 0.2) is 0 Å². The molecule has 118 valence electrons. The number of rotatable bonds is 8. The maximum absolute atomic E-state index is 11.0. The van der Waals surface area contributed by atoms with E-state index in [1.54, 1.807) is 13.8 Å². The number of carboxylic acid groups (broad SMARTS) is 1. The molecule has 6 nitrogen and oxygen atoms in total. The van der Waals surface area contributed by atoms with Gasteiger partial charge in [-0.2, -0.15) is 0 Å². The maximum Gasteiger partial charge on any atom is 0.333 e. The lowest BCUT2D eigenvalue weighted by Gasteiger charge is -2.05. The summed E-state index contributed by atoms with van der Waals surface area (Å²) in [7, 11) is 0. The third-order valence-electron chi connectivity index (χ3n) is 1.88.